The first-order valence-electron chi connectivity index (χ1n) is 9.00. The molecule has 2 heterocycles. The maximum atomic E-state index is 12.7. The van der Waals surface area contributed by atoms with E-state index in [0.29, 0.717) is 32.7 Å². The van der Waals surface area contributed by atoms with Crippen molar-refractivity contribution >= 4 is 11.8 Å². The van der Waals surface area contributed by atoms with Crippen LogP contribution < -0.4 is 4.74 Å². The minimum Gasteiger partial charge on any atom is -0.497 e. The average Bonchev–Trinajstić information content (AvgIpc) is 3.10. The number of likely N-dealkylation sites (tertiary alicyclic amines) is 1. The lowest BCUT2D eigenvalue weighted by molar-refractivity contribution is -0.139. The minimum absolute atomic E-state index is 0.0877. The second kappa shape index (κ2) is 7.87. The van der Waals surface area contributed by atoms with Gasteiger partial charge in [0.2, 0.25) is 11.8 Å². The molecule has 0 bridgehead atoms. The molecule has 1 unspecified atom stereocenters. The van der Waals surface area contributed by atoms with Gasteiger partial charge in [0.1, 0.15) is 5.75 Å². The highest BCUT2D eigenvalue weighted by Crippen LogP contribution is 2.33. The molecule has 136 valence electrons. The van der Waals surface area contributed by atoms with Crippen molar-refractivity contribution in [2.75, 3.05) is 46.4 Å². The summed E-state index contributed by atoms with van der Waals surface area (Å²) >= 11 is 0. The summed E-state index contributed by atoms with van der Waals surface area (Å²) < 4.78 is 5.33. The van der Waals surface area contributed by atoms with E-state index in [1.807, 2.05) is 17.0 Å². The number of nitrogens with zero attached hydrogens (tertiary/aromatic N) is 3. The third-order valence-electron chi connectivity index (χ3n) is 5.26. The van der Waals surface area contributed by atoms with Gasteiger partial charge in [-0.05, 0) is 37.1 Å². The van der Waals surface area contributed by atoms with Crippen molar-refractivity contribution < 1.29 is 14.3 Å². The lowest BCUT2D eigenvalue weighted by Crippen LogP contribution is -2.52. The van der Waals surface area contributed by atoms with Gasteiger partial charge in [-0.2, -0.15) is 0 Å². The summed E-state index contributed by atoms with van der Waals surface area (Å²) in [5, 5.41) is 0. The smallest absolute Gasteiger partial charge is 0.236 e. The molecule has 2 amide bonds. The maximum Gasteiger partial charge on any atom is 0.236 e. The second-order valence-corrected chi connectivity index (χ2v) is 6.79. The summed E-state index contributed by atoms with van der Waals surface area (Å²) in [5.41, 5.74) is 1.21. The van der Waals surface area contributed by atoms with Crippen LogP contribution in [0.3, 0.4) is 0 Å². The van der Waals surface area contributed by atoms with Crippen LogP contribution in [-0.2, 0) is 9.59 Å². The molecule has 1 atom stereocenters. The minimum atomic E-state index is 0.0877. The summed E-state index contributed by atoms with van der Waals surface area (Å²) in [6.45, 7) is 5.52. The van der Waals surface area contributed by atoms with Crippen molar-refractivity contribution in [3.63, 3.8) is 0 Å². The van der Waals surface area contributed by atoms with Crippen molar-refractivity contribution in [1.29, 1.82) is 0 Å². The van der Waals surface area contributed by atoms with Crippen molar-refractivity contribution in [2.45, 2.75) is 25.8 Å². The van der Waals surface area contributed by atoms with Gasteiger partial charge in [-0.1, -0.05) is 12.1 Å². The molecule has 2 saturated heterocycles. The van der Waals surface area contributed by atoms with E-state index in [0.717, 1.165) is 25.1 Å². The lowest BCUT2D eigenvalue weighted by Gasteiger charge is -2.35. The van der Waals surface area contributed by atoms with Gasteiger partial charge in [0, 0.05) is 39.1 Å². The molecule has 3 rings (SSSR count). The van der Waals surface area contributed by atoms with Gasteiger partial charge in [0.05, 0.1) is 13.7 Å². The SMILES string of the molecule is COc1cccc(C2CCCN2CC(=O)N2CCN(C(C)=O)CC2)c1. The first-order valence-corrected chi connectivity index (χ1v) is 9.00. The predicted molar refractivity (Wildman–Crippen MR) is 95.4 cm³/mol. The quantitative estimate of drug-likeness (QED) is 0.830. The highest BCUT2D eigenvalue weighted by molar-refractivity contribution is 5.79. The van der Waals surface area contributed by atoms with Crippen LogP contribution in [0.1, 0.15) is 31.4 Å². The molecular weight excluding hydrogens is 318 g/mol. The molecule has 2 aliphatic rings. The standard InChI is InChI=1S/C19H27N3O3/c1-15(23)20-9-11-21(12-10-20)19(24)14-22-8-4-7-18(22)16-5-3-6-17(13-16)25-2/h3,5-6,13,18H,4,7-12,14H2,1-2H3. The monoisotopic (exact) mass is 345 g/mol. The second-order valence-electron chi connectivity index (χ2n) is 6.79. The number of hydrogen-bond donors (Lipinski definition) is 0. The molecule has 6 heteroatoms. The topological polar surface area (TPSA) is 53.1 Å². The van der Waals surface area contributed by atoms with E-state index < -0.39 is 0 Å². The van der Waals surface area contributed by atoms with Crippen LogP contribution in [0.5, 0.6) is 5.75 Å². The first kappa shape index (κ1) is 17.7. The van der Waals surface area contributed by atoms with Crippen molar-refractivity contribution in [2.24, 2.45) is 0 Å². The Morgan fingerprint density at radius 1 is 1.12 bits per heavy atom. The molecule has 0 N–H and O–H groups in total. The van der Waals surface area contributed by atoms with Gasteiger partial charge in [0.25, 0.3) is 0 Å². The van der Waals surface area contributed by atoms with E-state index in [9.17, 15) is 9.59 Å². The zero-order valence-electron chi connectivity index (χ0n) is 15.1. The summed E-state index contributed by atoms with van der Waals surface area (Å²) in [6, 6.07) is 8.41. The van der Waals surface area contributed by atoms with Crippen LogP contribution in [0, 0.1) is 0 Å². The fourth-order valence-corrected chi connectivity index (χ4v) is 3.79. The summed E-state index contributed by atoms with van der Waals surface area (Å²) in [4.78, 5) is 30.1. The molecular formula is C19H27N3O3. The van der Waals surface area contributed by atoms with E-state index in [1.165, 1.54) is 5.56 Å². The Hall–Kier alpha value is -2.08. The molecule has 2 fully saturated rings. The van der Waals surface area contributed by atoms with Gasteiger partial charge >= 0.3 is 0 Å². The van der Waals surface area contributed by atoms with Gasteiger partial charge in [-0.25, -0.2) is 0 Å². The molecule has 0 radical (unpaired) electrons. The van der Waals surface area contributed by atoms with Crippen LogP contribution in [0.2, 0.25) is 0 Å². The normalized spacial score (nSPS) is 21.4. The maximum absolute atomic E-state index is 12.7. The first-order chi connectivity index (χ1) is 12.1. The van der Waals surface area contributed by atoms with Crippen LogP contribution >= 0.6 is 0 Å². The van der Waals surface area contributed by atoms with Gasteiger partial charge in [-0.3, -0.25) is 14.5 Å². The number of ether oxygens (including phenoxy) is 1. The third kappa shape index (κ3) is 4.12. The Kier molecular flexibility index (Phi) is 5.58. The highest BCUT2D eigenvalue weighted by atomic mass is 16.5. The Labute approximate surface area is 149 Å². The van der Waals surface area contributed by atoms with Crippen molar-refractivity contribution in [1.82, 2.24) is 14.7 Å². The van der Waals surface area contributed by atoms with Crippen molar-refractivity contribution in [3.05, 3.63) is 29.8 Å². The Balaban J connectivity index is 1.60. The number of amides is 2. The Morgan fingerprint density at radius 2 is 1.84 bits per heavy atom. The van der Waals surface area contributed by atoms with Gasteiger partial charge in [-0.15, -0.1) is 0 Å². The largest absolute Gasteiger partial charge is 0.497 e. The Morgan fingerprint density at radius 3 is 2.52 bits per heavy atom. The summed E-state index contributed by atoms with van der Waals surface area (Å²) in [6.07, 6.45) is 2.17. The molecule has 0 aliphatic carbocycles. The van der Waals surface area contributed by atoms with E-state index in [1.54, 1.807) is 18.9 Å². The molecule has 25 heavy (non-hydrogen) atoms. The molecule has 0 saturated carbocycles. The van der Waals surface area contributed by atoms with E-state index in [-0.39, 0.29) is 17.9 Å². The van der Waals surface area contributed by atoms with Crippen LogP contribution in [0.25, 0.3) is 0 Å². The van der Waals surface area contributed by atoms with E-state index in [2.05, 4.69) is 17.0 Å². The summed E-state index contributed by atoms with van der Waals surface area (Å²) in [5.74, 6) is 1.11. The number of piperazine rings is 1. The van der Waals surface area contributed by atoms with Crippen molar-refractivity contribution in [3.8, 4) is 5.75 Å². The fraction of sp³-hybridized carbons (Fsp3) is 0.579. The number of carbonyl (C=O) groups excluding carboxylic acids is 2. The number of carbonyl (C=O) groups is 2. The number of benzene rings is 1. The molecule has 1 aromatic carbocycles. The van der Waals surface area contributed by atoms with Crippen LogP contribution in [0.15, 0.2) is 24.3 Å². The number of hydrogen-bond acceptors (Lipinski definition) is 4. The average molecular weight is 345 g/mol. The zero-order valence-corrected chi connectivity index (χ0v) is 15.1. The van der Waals surface area contributed by atoms with Crippen LogP contribution in [0.4, 0.5) is 0 Å². The zero-order chi connectivity index (χ0) is 17.8. The number of rotatable bonds is 4. The molecule has 1 aromatic rings. The molecule has 0 aromatic heterocycles. The van der Waals surface area contributed by atoms with Crippen LogP contribution in [-0.4, -0.2) is 72.9 Å². The lowest BCUT2D eigenvalue weighted by atomic mass is 10.0. The third-order valence-corrected chi connectivity index (χ3v) is 5.26. The molecule has 2 aliphatic heterocycles. The van der Waals surface area contributed by atoms with E-state index in [4.69, 9.17) is 4.74 Å². The fourth-order valence-electron chi connectivity index (χ4n) is 3.79. The molecule has 0 spiro atoms. The van der Waals surface area contributed by atoms with E-state index >= 15 is 0 Å². The predicted octanol–water partition coefficient (Wildman–Crippen LogP) is 1.52. The summed E-state index contributed by atoms with van der Waals surface area (Å²) in [7, 11) is 1.68. The number of methoxy groups -OCH3 is 1. The van der Waals surface area contributed by atoms with Gasteiger partial charge < -0.3 is 14.5 Å². The highest BCUT2D eigenvalue weighted by Gasteiger charge is 2.30. The van der Waals surface area contributed by atoms with Gasteiger partial charge in [0.15, 0.2) is 0 Å². The Bertz CT molecular complexity index is 626. The molecule has 6 nitrogen and oxygen atoms in total.